The second-order valence-electron chi connectivity index (χ2n) is 8.90. The first-order chi connectivity index (χ1) is 16.9. The molecule has 0 bridgehead atoms. The number of methoxy groups -OCH3 is 1. The number of allylic oxidation sites excluding steroid dienone is 3. The number of ether oxygens (including phenoxy) is 5. The number of rotatable bonds is 8. The predicted octanol–water partition coefficient (Wildman–Crippen LogP) is 3.00. The van der Waals surface area contributed by atoms with Gasteiger partial charge in [0.25, 0.3) is 0 Å². The van der Waals surface area contributed by atoms with Crippen LogP contribution in [0, 0.1) is 11.8 Å². The number of carbonyl (C=O) groups is 3. The monoisotopic (exact) mass is 485 g/mol. The third-order valence-electron chi connectivity index (χ3n) is 6.50. The van der Waals surface area contributed by atoms with Gasteiger partial charge in [-0.05, 0) is 43.4 Å². The van der Waals surface area contributed by atoms with Crippen LogP contribution in [0.15, 0.2) is 40.7 Å². The molecule has 1 aromatic carbocycles. The number of carbonyl (C=O) groups excluding carboxylic acids is 3. The van der Waals surface area contributed by atoms with Gasteiger partial charge in [-0.2, -0.15) is 0 Å². The number of benzene rings is 1. The summed E-state index contributed by atoms with van der Waals surface area (Å²) < 4.78 is 26.9. The summed E-state index contributed by atoms with van der Waals surface area (Å²) in [5.41, 5.74) is 2.65. The molecule has 2 heterocycles. The molecule has 0 spiro atoms. The molecule has 3 aliphatic rings. The van der Waals surface area contributed by atoms with Crippen molar-refractivity contribution in [2.45, 2.75) is 39.5 Å². The molecule has 0 radical (unpaired) electrons. The van der Waals surface area contributed by atoms with Gasteiger partial charge in [0.2, 0.25) is 6.79 Å². The van der Waals surface area contributed by atoms with Gasteiger partial charge in [-0.15, -0.1) is 0 Å². The van der Waals surface area contributed by atoms with E-state index in [4.69, 9.17) is 23.7 Å². The maximum absolute atomic E-state index is 13.7. The topological polar surface area (TPSA) is 109 Å². The first-order valence-electron chi connectivity index (χ1n) is 11.8. The van der Waals surface area contributed by atoms with Gasteiger partial charge in [-0.3, -0.25) is 9.59 Å². The lowest BCUT2D eigenvalue weighted by Crippen LogP contribution is -2.43. The maximum Gasteiger partial charge on any atom is 0.336 e. The minimum Gasteiger partial charge on any atom is -0.468 e. The van der Waals surface area contributed by atoms with Crippen molar-refractivity contribution in [1.29, 1.82) is 0 Å². The van der Waals surface area contributed by atoms with E-state index in [-0.39, 0.29) is 31.7 Å². The summed E-state index contributed by atoms with van der Waals surface area (Å²) in [5, 5.41) is 3.25. The van der Waals surface area contributed by atoms with Gasteiger partial charge in [-0.1, -0.05) is 19.9 Å². The molecule has 9 nitrogen and oxygen atoms in total. The standard InChI is InChI=1S/C26H31NO8/c1-5-8-32-9-10-33-26(30)21-15(3)27-17-11-14(2)20(25(29)31-4)24(28)23(17)22(21)16-6-7-18-19(12-16)35-13-34-18/h6-7,12,14,20,22,27H,5,8-11,13H2,1-4H3/t14-,20+,22+/m0/s1. The van der Waals surface area contributed by atoms with Gasteiger partial charge in [0.05, 0.1) is 19.3 Å². The highest BCUT2D eigenvalue weighted by atomic mass is 16.7. The van der Waals surface area contributed by atoms with E-state index in [1.165, 1.54) is 7.11 Å². The fourth-order valence-electron chi connectivity index (χ4n) is 4.89. The minimum absolute atomic E-state index is 0.0884. The van der Waals surface area contributed by atoms with Crippen molar-refractivity contribution in [1.82, 2.24) is 5.32 Å². The van der Waals surface area contributed by atoms with Crippen molar-refractivity contribution >= 4 is 17.7 Å². The smallest absolute Gasteiger partial charge is 0.336 e. The summed E-state index contributed by atoms with van der Waals surface area (Å²) in [7, 11) is 1.27. The molecule has 1 aliphatic carbocycles. The van der Waals surface area contributed by atoms with Crippen molar-refractivity contribution < 1.29 is 38.1 Å². The number of fused-ring (bicyclic) bond motifs is 1. The average molecular weight is 486 g/mol. The lowest BCUT2D eigenvalue weighted by Gasteiger charge is -2.38. The summed E-state index contributed by atoms with van der Waals surface area (Å²) in [6, 6.07) is 5.33. The second-order valence-corrected chi connectivity index (χ2v) is 8.90. The first kappa shape index (κ1) is 24.8. The van der Waals surface area contributed by atoms with Crippen molar-refractivity contribution in [2.75, 3.05) is 33.7 Å². The number of esters is 2. The summed E-state index contributed by atoms with van der Waals surface area (Å²) in [4.78, 5) is 39.6. The number of dihydropyridines is 1. The lowest BCUT2D eigenvalue weighted by atomic mass is 9.69. The van der Waals surface area contributed by atoms with Crippen LogP contribution in [-0.4, -0.2) is 51.4 Å². The number of Topliss-reactive ketones (excluding diaryl/α,β-unsaturated/α-hetero) is 1. The Kier molecular flexibility index (Phi) is 7.45. The lowest BCUT2D eigenvalue weighted by molar-refractivity contribution is -0.151. The van der Waals surface area contributed by atoms with Crippen molar-refractivity contribution in [3.63, 3.8) is 0 Å². The van der Waals surface area contributed by atoms with Gasteiger partial charge in [0.1, 0.15) is 12.5 Å². The minimum atomic E-state index is -0.949. The van der Waals surface area contributed by atoms with Crippen LogP contribution in [0.2, 0.25) is 0 Å². The van der Waals surface area contributed by atoms with Crippen molar-refractivity contribution in [3.05, 3.63) is 46.3 Å². The fourth-order valence-corrected chi connectivity index (χ4v) is 4.89. The van der Waals surface area contributed by atoms with Gasteiger partial charge in [0.15, 0.2) is 17.3 Å². The Morgan fingerprint density at radius 1 is 1.14 bits per heavy atom. The Labute approximate surface area is 204 Å². The largest absolute Gasteiger partial charge is 0.468 e. The Hall–Kier alpha value is -3.33. The van der Waals surface area contributed by atoms with Gasteiger partial charge >= 0.3 is 11.9 Å². The molecule has 0 fully saturated rings. The number of nitrogens with one attached hydrogen (secondary N) is 1. The van der Waals surface area contributed by atoms with Crippen LogP contribution in [0.25, 0.3) is 0 Å². The van der Waals surface area contributed by atoms with Gasteiger partial charge < -0.3 is 29.0 Å². The van der Waals surface area contributed by atoms with Crippen LogP contribution in [-0.2, 0) is 28.6 Å². The van der Waals surface area contributed by atoms with Gasteiger partial charge in [-0.25, -0.2) is 4.79 Å². The van der Waals surface area contributed by atoms with Crippen LogP contribution in [0.1, 0.15) is 45.1 Å². The van der Waals surface area contributed by atoms with E-state index in [0.717, 1.165) is 6.42 Å². The molecule has 9 heteroatoms. The molecule has 0 saturated carbocycles. The molecule has 1 N–H and O–H groups in total. The van der Waals surface area contributed by atoms with Crippen LogP contribution >= 0.6 is 0 Å². The molecule has 35 heavy (non-hydrogen) atoms. The van der Waals surface area contributed by atoms with Crippen LogP contribution in [0.4, 0.5) is 0 Å². The van der Waals surface area contributed by atoms with E-state index < -0.39 is 23.8 Å². The molecule has 0 saturated heterocycles. The highest BCUT2D eigenvalue weighted by Gasteiger charge is 2.47. The van der Waals surface area contributed by atoms with E-state index in [9.17, 15) is 14.4 Å². The highest BCUT2D eigenvalue weighted by Crippen LogP contribution is 2.47. The third-order valence-corrected chi connectivity index (χ3v) is 6.50. The van der Waals surface area contributed by atoms with E-state index in [1.54, 1.807) is 25.1 Å². The SMILES string of the molecule is CCCOCCOC(=O)C1=C(C)NC2=C(C(=O)[C@H](C(=O)OC)[C@@H](C)C2)[C@@H]1c1ccc2c(c1)OCO2. The molecule has 188 valence electrons. The Morgan fingerprint density at radius 2 is 1.91 bits per heavy atom. The number of hydrogen-bond acceptors (Lipinski definition) is 9. The van der Waals surface area contributed by atoms with E-state index >= 15 is 0 Å². The van der Waals surface area contributed by atoms with Crippen molar-refractivity contribution in [2.24, 2.45) is 11.8 Å². The Morgan fingerprint density at radius 3 is 2.66 bits per heavy atom. The molecule has 4 rings (SSSR count). The zero-order chi connectivity index (χ0) is 25.1. The Balaban J connectivity index is 1.74. The summed E-state index contributed by atoms with van der Waals surface area (Å²) >= 11 is 0. The van der Waals surface area contributed by atoms with Gasteiger partial charge in [0, 0.05) is 29.5 Å². The molecule has 2 aliphatic heterocycles. The molecule has 0 amide bonds. The van der Waals surface area contributed by atoms with Crippen LogP contribution in [0.5, 0.6) is 11.5 Å². The quantitative estimate of drug-likeness (QED) is 0.338. The molecular formula is C26H31NO8. The maximum atomic E-state index is 13.7. The summed E-state index contributed by atoms with van der Waals surface area (Å²) in [6.07, 6.45) is 1.33. The normalized spacial score (nSPS) is 23.1. The summed E-state index contributed by atoms with van der Waals surface area (Å²) in [6.45, 7) is 6.68. The Bertz CT molecular complexity index is 1090. The van der Waals surface area contributed by atoms with Crippen LogP contribution < -0.4 is 14.8 Å². The van der Waals surface area contributed by atoms with E-state index in [1.807, 2.05) is 13.8 Å². The molecule has 1 aromatic rings. The molecule has 0 unspecified atom stereocenters. The average Bonchev–Trinajstić information content (AvgIpc) is 3.30. The zero-order valence-corrected chi connectivity index (χ0v) is 20.5. The fraction of sp³-hybridized carbons (Fsp3) is 0.500. The second kappa shape index (κ2) is 10.5. The number of hydrogen-bond donors (Lipinski definition) is 1. The zero-order valence-electron chi connectivity index (χ0n) is 20.5. The third kappa shape index (κ3) is 4.77. The van der Waals surface area contributed by atoms with Crippen molar-refractivity contribution in [3.8, 4) is 11.5 Å². The van der Waals surface area contributed by atoms with E-state index in [2.05, 4.69) is 5.32 Å². The number of ketones is 1. The first-order valence-corrected chi connectivity index (χ1v) is 11.8. The highest BCUT2D eigenvalue weighted by molar-refractivity contribution is 6.12. The molecular weight excluding hydrogens is 454 g/mol. The molecule has 0 aromatic heterocycles. The summed E-state index contributed by atoms with van der Waals surface area (Å²) in [5.74, 6) is -2.31. The molecule has 3 atom stereocenters. The predicted molar refractivity (Wildman–Crippen MR) is 125 cm³/mol. The van der Waals surface area contributed by atoms with E-state index in [0.29, 0.717) is 52.6 Å². The van der Waals surface area contributed by atoms with Crippen LogP contribution in [0.3, 0.4) is 0 Å².